The molecule has 0 radical (unpaired) electrons. The zero-order chi connectivity index (χ0) is 13.0. The number of halogens is 1. The summed E-state index contributed by atoms with van der Waals surface area (Å²) >= 11 is 7.33. The normalized spacial score (nSPS) is 15.5. The van der Waals surface area contributed by atoms with Gasteiger partial charge in [0.2, 0.25) is 0 Å². The largest absolute Gasteiger partial charge is 0.289 e. The van der Waals surface area contributed by atoms with Crippen molar-refractivity contribution in [2.24, 2.45) is 0 Å². The smallest absolute Gasteiger partial charge is 0.199 e. The Morgan fingerprint density at radius 2 is 1.72 bits per heavy atom. The van der Waals surface area contributed by atoms with E-state index in [0.29, 0.717) is 26.6 Å². The maximum Gasteiger partial charge on any atom is 0.199 e. The molecule has 3 rings (SSSR count). The third-order valence-corrected chi connectivity index (χ3v) is 4.73. The van der Waals surface area contributed by atoms with Crippen LogP contribution in [-0.4, -0.2) is 11.6 Å². The molecule has 1 aliphatic carbocycles. The zero-order valence-corrected chi connectivity index (χ0v) is 11.4. The van der Waals surface area contributed by atoms with Gasteiger partial charge in [0, 0.05) is 26.3 Å². The Kier molecular flexibility index (Phi) is 2.44. The molecule has 2 nitrogen and oxygen atoms in total. The number of carbonyl (C=O) groups excluding carboxylic acids is 2. The van der Waals surface area contributed by atoms with Crippen molar-refractivity contribution >= 4 is 44.6 Å². The number of rotatable bonds is 0. The van der Waals surface area contributed by atoms with E-state index in [9.17, 15) is 9.59 Å². The molecule has 0 aliphatic heterocycles. The van der Waals surface area contributed by atoms with Crippen LogP contribution in [-0.2, 0) is 0 Å². The van der Waals surface area contributed by atoms with Gasteiger partial charge in [-0.15, -0.1) is 11.3 Å². The summed E-state index contributed by atoms with van der Waals surface area (Å²) in [5.41, 5.74) is 1.60. The van der Waals surface area contributed by atoms with Gasteiger partial charge in [-0.25, -0.2) is 0 Å². The predicted octanol–water partition coefficient (Wildman–Crippen LogP) is 4.27. The van der Waals surface area contributed by atoms with Crippen molar-refractivity contribution < 1.29 is 9.59 Å². The third kappa shape index (κ3) is 1.41. The lowest BCUT2D eigenvalue weighted by Gasteiger charge is -2.12. The van der Waals surface area contributed by atoms with Gasteiger partial charge in [0.1, 0.15) is 0 Å². The molecule has 1 aliphatic rings. The summed E-state index contributed by atoms with van der Waals surface area (Å²) in [6, 6.07) is 5.38. The first-order chi connectivity index (χ1) is 8.50. The van der Waals surface area contributed by atoms with Gasteiger partial charge < -0.3 is 0 Å². The molecule has 2 aromatic rings. The molecule has 0 fully saturated rings. The molecule has 18 heavy (non-hydrogen) atoms. The first kappa shape index (κ1) is 11.6. The number of allylic oxidation sites excluding steroid dienone is 2. The molecule has 0 saturated heterocycles. The van der Waals surface area contributed by atoms with Gasteiger partial charge >= 0.3 is 0 Å². The Balaban J connectivity index is 2.43. The summed E-state index contributed by atoms with van der Waals surface area (Å²) in [4.78, 5) is 25.0. The maximum atomic E-state index is 12.3. The number of hydrogen-bond donors (Lipinski definition) is 0. The van der Waals surface area contributed by atoms with Gasteiger partial charge in [-0.3, -0.25) is 9.59 Å². The second kappa shape index (κ2) is 3.77. The van der Waals surface area contributed by atoms with Crippen LogP contribution in [0.2, 0.25) is 5.02 Å². The highest BCUT2D eigenvalue weighted by Crippen LogP contribution is 2.38. The van der Waals surface area contributed by atoms with Gasteiger partial charge in [0.25, 0.3) is 0 Å². The topological polar surface area (TPSA) is 34.1 Å². The standard InChI is InChI=1S/C14H9ClO2S/c1-6-7(2)13(17)14-11(12(6)16)9-5-8(15)3-4-10(9)18-14/h3-5H,1-2H3. The molecule has 1 aromatic heterocycles. The van der Waals surface area contributed by atoms with Crippen LogP contribution in [0.5, 0.6) is 0 Å². The quantitative estimate of drug-likeness (QED) is 0.720. The summed E-state index contributed by atoms with van der Waals surface area (Å²) in [7, 11) is 0. The molecule has 0 N–H and O–H groups in total. The van der Waals surface area contributed by atoms with Crippen LogP contribution < -0.4 is 0 Å². The van der Waals surface area contributed by atoms with Gasteiger partial charge in [0.05, 0.1) is 10.4 Å². The SMILES string of the molecule is CC1=C(C)C(=O)c2c(sc3ccc(Cl)cc23)C1=O. The maximum absolute atomic E-state index is 12.3. The lowest BCUT2D eigenvalue weighted by molar-refractivity contribution is 0.0979. The van der Waals surface area contributed by atoms with Crippen LogP contribution in [0, 0.1) is 0 Å². The van der Waals surface area contributed by atoms with E-state index in [1.807, 2.05) is 6.07 Å². The van der Waals surface area contributed by atoms with Crippen molar-refractivity contribution in [2.75, 3.05) is 0 Å². The van der Waals surface area contributed by atoms with Gasteiger partial charge in [-0.05, 0) is 32.0 Å². The van der Waals surface area contributed by atoms with Crippen LogP contribution in [0.4, 0.5) is 0 Å². The molecular formula is C14H9ClO2S. The Bertz CT molecular complexity index is 752. The van der Waals surface area contributed by atoms with Gasteiger partial charge in [-0.2, -0.15) is 0 Å². The van der Waals surface area contributed by atoms with E-state index >= 15 is 0 Å². The summed E-state index contributed by atoms with van der Waals surface area (Å²) in [5, 5.41) is 1.36. The van der Waals surface area contributed by atoms with E-state index < -0.39 is 0 Å². The number of benzene rings is 1. The fourth-order valence-corrected chi connectivity index (χ4v) is 3.50. The van der Waals surface area contributed by atoms with Crippen molar-refractivity contribution in [2.45, 2.75) is 13.8 Å². The predicted molar refractivity (Wildman–Crippen MR) is 73.9 cm³/mol. The summed E-state index contributed by atoms with van der Waals surface area (Å²) in [5.74, 6) is -0.102. The highest BCUT2D eigenvalue weighted by molar-refractivity contribution is 7.21. The summed E-state index contributed by atoms with van der Waals surface area (Å²) in [6.07, 6.45) is 0. The van der Waals surface area contributed by atoms with Crippen molar-refractivity contribution in [3.63, 3.8) is 0 Å². The fraction of sp³-hybridized carbons (Fsp3) is 0.143. The fourth-order valence-electron chi connectivity index (χ4n) is 2.15. The summed E-state index contributed by atoms with van der Waals surface area (Å²) < 4.78 is 0.925. The molecule has 4 heteroatoms. The Morgan fingerprint density at radius 1 is 1.06 bits per heavy atom. The molecule has 1 heterocycles. The van der Waals surface area contributed by atoms with E-state index in [-0.39, 0.29) is 11.6 Å². The van der Waals surface area contributed by atoms with Crippen LogP contribution in [0.3, 0.4) is 0 Å². The van der Waals surface area contributed by atoms with Crippen molar-refractivity contribution in [3.8, 4) is 0 Å². The minimum absolute atomic E-state index is 0.0422. The molecular weight excluding hydrogens is 268 g/mol. The minimum atomic E-state index is -0.0596. The average Bonchev–Trinajstić information content (AvgIpc) is 2.72. The number of fused-ring (bicyclic) bond motifs is 3. The Morgan fingerprint density at radius 3 is 2.44 bits per heavy atom. The Labute approximate surface area is 113 Å². The van der Waals surface area contributed by atoms with Gasteiger partial charge in [0.15, 0.2) is 11.6 Å². The van der Waals surface area contributed by atoms with E-state index in [1.165, 1.54) is 11.3 Å². The number of carbonyl (C=O) groups is 2. The Hall–Kier alpha value is -1.45. The molecule has 90 valence electrons. The first-order valence-electron chi connectivity index (χ1n) is 5.49. The van der Waals surface area contributed by atoms with E-state index in [1.54, 1.807) is 26.0 Å². The number of Topliss-reactive ketones (excluding diaryl/α,β-unsaturated/α-hetero) is 2. The molecule has 0 unspecified atom stereocenters. The lowest BCUT2D eigenvalue weighted by Crippen LogP contribution is -2.17. The van der Waals surface area contributed by atoms with Crippen LogP contribution in [0.1, 0.15) is 33.9 Å². The van der Waals surface area contributed by atoms with Crippen molar-refractivity contribution in [1.29, 1.82) is 0 Å². The molecule has 0 bridgehead atoms. The van der Waals surface area contributed by atoms with Crippen LogP contribution in [0.15, 0.2) is 29.3 Å². The first-order valence-corrected chi connectivity index (χ1v) is 6.69. The van der Waals surface area contributed by atoms with E-state index in [4.69, 9.17) is 11.6 Å². The second-order valence-corrected chi connectivity index (χ2v) is 5.84. The number of hydrogen-bond acceptors (Lipinski definition) is 3. The molecule has 0 amide bonds. The van der Waals surface area contributed by atoms with Crippen LogP contribution >= 0.6 is 22.9 Å². The number of ketones is 2. The number of thiophene rings is 1. The summed E-state index contributed by atoms with van der Waals surface area (Å²) in [6.45, 7) is 3.41. The average molecular weight is 277 g/mol. The highest BCUT2D eigenvalue weighted by atomic mass is 35.5. The molecule has 1 aromatic carbocycles. The minimum Gasteiger partial charge on any atom is -0.289 e. The van der Waals surface area contributed by atoms with E-state index in [2.05, 4.69) is 0 Å². The van der Waals surface area contributed by atoms with Crippen LogP contribution in [0.25, 0.3) is 10.1 Å². The monoisotopic (exact) mass is 276 g/mol. The third-order valence-electron chi connectivity index (χ3n) is 3.33. The zero-order valence-electron chi connectivity index (χ0n) is 9.83. The van der Waals surface area contributed by atoms with Crippen molar-refractivity contribution in [1.82, 2.24) is 0 Å². The lowest BCUT2D eigenvalue weighted by atomic mass is 9.89. The molecule has 0 atom stereocenters. The van der Waals surface area contributed by atoms with E-state index in [0.717, 1.165) is 10.1 Å². The second-order valence-electron chi connectivity index (χ2n) is 4.35. The molecule has 0 saturated carbocycles. The van der Waals surface area contributed by atoms with Gasteiger partial charge in [-0.1, -0.05) is 11.6 Å². The highest BCUT2D eigenvalue weighted by Gasteiger charge is 2.31. The van der Waals surface area contributed by atoms with Crippen molar-refractivity contribution in [3.05, 3.63) is 44.8 Å². The molecule has 0 spiro atoms.